The van der Waals surface area contributed by atoms with Gasteiger partial charge in [-0.2, -0.15) is 0 Å². The van der Waals surface area contributed by atoms with Crippen LogP contribution in [0.3, 0.4) is 0 Å². The lowest BCUT2D eigenvalue weighted by Crippen LogP contribution is -2.11. The molecule has 0 unspecified atom stereocenters. The van der Waals surface area contributed by atoms with Crippen LogP contribution < -0.4 is 5.32 Å². The van der Waals surface area contributed by atoms with Gasteiger partial charge in [0.2, 0.25) is 0 Å². The molecule has 0 aliphatic carbocycles. The number of hydrogen-bond acceptors (Lipinski definition) is 3. The number of anilines is 1. The van der Waals surface area contributed by atoms with Crippen LogP contribution in [0.2, 0.25) is 0 Å². The van der Waals surface area contributed by atoms with Crippen LogP contribution in [0.4, 0.5) is 5.69 Å². The number of para-hydroxylation sites is 1. The molecule has 1 N–H and O–H groups in total. The van der Waals surface area contributed by atoms with Crippen molar-refractivity contribution in [2.45, 2.75) is 6.92 Å². The Morgan fingerprint density at radius 2 is 1.67 bits per heavy atom. The number of carbonyl (C=O) groups excluding carboxylic acids is 2. The van der Waals surface area contributed by atoms with E-state index in [9.17, 15) is 9.59 Å². The summed E-state index contributed by atoms with van der Waals surface area (Å²) in [7, 11) is 0. The number of nitrogens with one attached hydrogen (secondary N) is 1. The van der Waals surface area contributed by atoms with Gasteiger partial charge in [-0.25, -0.2) is 0 Å². The summed E-state index contributed by atoms with van der Waals surface area (Å²) in [5, 5.41) is 2.83. The highest BCUT2D eigenvalue weighted by molar-refractivity contribution is 14.1. The molecular formula is C19H14INO3. The molecule has 5 heteroatoms. The number of carbonyl (C=O) groups is 2. The van der Waals surface area contributed by atoms with E-state index in [2.05, 4.69) is 27.9 Å². The van der Waals surface area contributed by atoms with E-state index in [-0.39, 0.29) is 17.5 Å². The van der Waals surface area contributed by atoms with Crippen LogP contribution in [0.1, 0.15) is 27.8 Å². The molecule has 0 saturated carbocycles. The molecule has 1 heterocycles. The van der Waals surface area contributed by atoms with Gasteiger partial charge in [-0.15, -0.1) is 0 Å². The van der Waals surface area contributed by atoms with Crippen LogP contribution in [0.5, 0.6) is 0 Å². The Labute approximate surface area is 153 Å². The van der Waals surface area contributed by atoms with Gasteiger partial charge in [0, 0.05) is 14.7 Å². The van der Waals surface area contributed by atoms with Crippen molar-refractivity contribution in [3.63, 3.8) is 0 Å². The standard InChI is InChI=1S/C19H14INO3/c1-12(22)13-6-8-14(9-7-13)17-10-11-18(24-17)19(23)21-16-5-3-2-4-15(16)20/h2-11H,1H3,(H,21,23). The maximum absolute atomic E-state index is 12.3. The molecule has 0 atom stereocenters. The fourth-order valence-corrected chi connectivity index (χ4v) is 2.75. The average Bonchev–Trinajstić information content (AvgIpc) is 3.07. The maximum atomic E-state index is 12.3. The zero-order valence-electron chi connectivity index (χ0n) is 12.9. The van der Waals surface area contributed by atoms with Gasteiger partial charge < -0.3 is 9.73 Å². The number of furan rings is 1. The van der Waals surface area contributed by atoms with E-state index in [1.807, 2.05) is 24.3 Å². The highest BCUT2D eigenvalue weighted by Crippen LogP contribution is 2.24. The molecule has 0 fully saturated rings. The molecule has 0 aliphatic heterocycles. The summed E-state index contributed by atoms with van der Waals surface area (Å²) in [5.74, 6) is 0.530. The zero-order chi connectivity index (χ0) is 17.1. The molecule has 0 radical (unpaired) electrons. The van der Waals surface area contributed by atoms with Crippen molar-refractivity contribution in [3.05, 3.63) is 75.6 Å². The number of ketones is 1. The second-order valence-electron chi connectivity index (χ2n) is 5.23. The topological polar surface area (TPSA) is 59.3 Å². The molecular weight excluding hydrogens is 417 g/mol. The first-order valence-corrected chi connectivity index (χ1v) is 8.39. The molecule has 0 bridgehead atoms. The largest absolute Gasteiger partial charge is 0.451 e. The van der Waals surface area contributed by atoms with Crippen molar-refractivity contribution >= 4 is 40.0 Å². The first-order chi connectivity index (χ1) is 11.5. The van der Waals surface area contributed by atoms with Gasteiger partial charge in [0.05, 0.1) is 5.69 Å². The molecule has 4 nitrogen and oxygen atoms in total. The number of rotatable bonds is 4. The quantitative estimate of drug-likeness (QED) is 0.467. The summed E-state index contributed by atoms with van der Waals surface area (Å²) in [6.45, 7) is 1.52. The molecule has 1 aromatic heterocycles. The van der Waals surface area contributed by atoms with Crippen molar-refractivity contribution in [2.75, 3.05) is 5.32 Å². The minimum absolute atomic E-state index is 0.0125. The SMILES string of the molecule is CC(=O)c1ccc(-c2ccc(C(=O)Nc3ccccc3I)o2)cc1. The summed E-state index contributed by atoms with van der Waals surface area (Å²) in [4.78, 5) is 23.6. The van der Waals surface area contributed by atoms with Crippen molar-refractivity contribution in [3.8, 4) is 11.3 Å². The van der Waals surface area contributed by atoms with Crippen LogP contribution in [-0.4, -0.2) is 11.7 Å². The van der Waals surface area contributed by atoms with E-state index in [0.29, 0.717) is 11.3 Å². The first-order valence-electron chi connectivity index (χ1n) is 7.31. The summed E-state index contributed by atoms with van der Waals surface area (Å²) in [6, 6.07) is 18.0. The van der Waals surface area contributed by atoms with Gasteiger partial charge in [-0.1, -0.05) is 36.4 Å². The normalized spacial score (nSPS) is 10.4. The van der Waals surface area contributed by atoms with Crippen LogP contribution in [-0.2, 0) is 0 Å². The third kappa shape index (κ3) is 3.56. The molecule has 0 saturated heterocycles. The van der Waals surface area contributed by atoms with Gasteiger partial charge in [-0.05, 0) is 53.8 Å². The molecule has 120 valence electrons. The predicted molar refractivity (Wildman–Crippen MR) is 101 cm³/mol. The Morgan fingerprint density at radius 3 is 2.33 bits per heavy atom. The van der Waals surface area contributed by atoms with E-state index < -0.39 is 0 Å². The number of benzene rings is 2. The third-order valence-corrected chi connectivity index (χ3v) is 4.47. The molecule has 3 rings (SSSR count). The Bertz CT molecular complexity index is 897. The fraction of sp³-hybridized carbons (Fsp3) is 0.0526. The third-order valence-electron chi connectivity index (χ3n) is 3.53. The minimum Gasteiger partial charge on any atom is -0.451 e. The molecule has 1 amide bonds. The molecule has 0 aliphatic rings. The molecule has 2 aromatic carbocycles. The van der Waals surface area contributed by atoms with Crippen molar-refractivity contribution in [1.29, 1.82) is 0 Å². The van der Waals surface area contributed by atoms with E-state index >= 15 is 0 Å². The van der Waals surface area contributed by atoms with Crippen LogP contribution in [0.15, 0.2) is 65.1 Å². The monoisotopic (exact) mass is 431 g/mol. The van der Waals surface area contributed by atoms with Crippen molar-refractivity contribution in [2.24, 2.45) is 0 Å². The zero-order valence-corrected chi connectivity index (χ0v) is 15.0. The van der Waals surface area contributed by atoms with Crippen molar-refractivity contribution in [1.82, 2.24) is 0 Å². The van der Waals surface area contributed by atoms with Gasteiger partial charge in [0.25, 0.3) is 5.91 Å². The van der Waals surface area contributed by atoms with Crippen LogP contribution in [0.25, 0.3) is 11.3 Å². The Balaban J connectivity index is 1.78. The smallest absolute Gasteiger partial charge is 0.291 e. The maximum Gasteiger partial charge on any atom is 0.291 e. The van der Waals surface area contributed by atoms with E-state index in [4.69, 9.17) is 4.42 Å². The first kappa shape index (κ1) is 16.4. The van der Waals surface area contributed by atoms with E-state index in [1.54, 1.807) is 36.4 Å². The van der Waals surface area contributed by atoms with Crippen LogP contribution >= 0.6 is 22.6 Å². The average molecular weight is 431 g/mol. The fourth-order valence-electron chi connectivity index (χ4n) is 2.23. The minimum atomic E-state index is -0.300. The highest BCUT2D eigenvalue weighted by atomic mass is 127. The highest BCUT2D eigenvalue weighted by Gasteiger charge is 2.13. The number of hydrogen-bond donors (Lipinski definition) is 1. The van der Waals surface area contributed by atoms with Crippen LogP contribution in [0, 0.1) is 3.57 Å². The van der Waals surface area contributed by atoms with Gasteiger partial charge in [0.1, 0.15) is 5.76 Å². The van der Waals surface area contributed by atoms with Crippen molar-refractivity contribution < 1.29 is 14.0 Å². The second kappa shape index (κ2) is 7.00. The Hall–Kier alpha value is -2.41. The summed E-state index contributed by atoms with van der Waals surface area (Å²) >= 11 is 2.16. The lowest BCUT2D eigenvalue weighted by Gasteiger charge is -2.05. The summed E-state index contributed by atoms with van der Waals surface area (Å²) < 4.78 is 6.60. The van der Waals surface area contributed by atoms with E-state index in [0.717, 1.165) is 14.8 Å². The Kier molecular flexibility index (Phi) is 4.80. The molecule has 3 aromatic rings. The molecule has 24 heavy (non-hydrogen) atoms. The number of halogens is 1. The van der Waals surface area contributed by atoms with E-state index in [1.165, 1.54) is 6.92 Å². The van der Waals surface area contributed by atoms with Gasteiger partial charge >= 0.3 is 0 Å². The van der Waals surface area contributed by atoms with Gasteiger partial charge in [0.15, 0.2) is 11.5 Å². The second-order valence-corrected chi connectivity index (χ2v) is 6.39. The van der Waals surface area contributed by atoms with Gasteiger partial charge in [-0.3, -0.25) is 9.59 Å². The Morgan fingerprint density at radius 1 is 0.958 bits per heavy atom. The number of Topliss-reactive ketones (excluding diaryl/α,β-unsaturated/α-hetero) is 1. The number of amides is 1. The predicted octanol–water partition coefficient (Wildman–Crippen LogP) is 5.01. The molecule has 0 spiro atoms. The lowest BCUT2D eigenvalue weighted by atomic mass is 10.1. The summed E-state index contributed by atoms with van der Waals surface area (Å²) in [5.41, 5.74) is 2.20. The lowest BCUT2D eigenvalue weighted by molar-refractivity contribution is 0.0994. The summed E-state index contributed by atoms with van der Waals surface area (Å²) in [6.07, 6.45) is 0.